The minimum atomic E-state index is -1.75. The molecule has 0 spiro atoms. The van der Waals surface area contributed by atoms with Gasteiger partial charge in [-0.25, -0.2) is 4.79 Å². The zero-order valence-corrected chi connectivity index (χ0v) is 25.4. The molecule has 2 heterocycles. The van der Waals surface area contributed by atoms with Crippen molar-refractivity contribution in [3.8, 4) is 0 Å². The van der Waals surface area contributed by atoms with Crippen LogP contribution in [0, 0.1) is 15.3 Å². The van der Waals surface area contributed by atoms with Crippen LogP contribution in [0.15, 0.2) is 77.5 Å². The van der Waals surface area contributed by atoms with Crippen LogP contribution in [0.5, 0.6) is 0 Å². The van der Waals surface area contributed by atoms with Crippen molar-refractivity contribution < 1.29 is 28.8 Å². The number of halogens is 1. The highest BCUT2D eigenvalue weighted by Crippen LogP contribution is 2.20. The van der Waals surface area contributed by atoms with Crippen LogP contribution in [0.2, 0.25) is 0 Å². The zero-order valence-electron chi connectivity index (χ0n) is 23.8. The molecule has 12 nitrogen and oxygen atoms in total. The van der Waals surface area contributed by atoms with Gasteiger partial charge < -0.3 is 35.2 Å². The average Bonchev–Trinajstić information content (AvgIpc) is 3.00. The minimum Gasteiger partial charge on any atom is -0.448 e. The summed E-state index contributed by atoms with van der Waals surface area (Å²) in [6, 6.07) is 21.0. The number of rotatable bonds is 10. The Labute approximate surface area is 258 Å². The van der Waals surface area contributed by atoms with Crippen LogP contribution < -0.4 is 14.8 Å². The SMILES string of the molecule is CCC[n+]1ccc(C(=O)N(CCC(=O)NCCOC(=O)N2CCc3ccccc3C2)c2ccccc2)cc1Br.O=[N+]([O-])[O-]. The largest absolute Gasteiger partial charge is 0.448 e. The highest BCUT2D eigenvalue weighted by molar-refractivity contribution is 9.10. The Balaban J connectivity index is 0.00000119. The van der Waals surface area contributed by atoms with E-state index in [1.54, 1.807) is 15.9 Å². The van der Waals surface area contributed by atoms with E-state index in [-0.39, 0.29) is 44.0 Å². The number of pyridine rings is 1. The van der Waals surface area contributed by atoms with Gasteiger partial charge in [-0.15, -0.1) is 0 Å². The third-order valence-electron chi connectivity index (χ3n) is 6.61. The van der Waals surface area contributed by atoms with E-state index in [4.69, 9.17) is 20.1 Å². The average molecular weight is 657 g/mol. The molecule has 4 rings (SSSR count). The van der Waals surface area contributed by atoms with Gasteiger partial charge in [0.15, 0.2) is 6.20 Å². The fraction of sp³-hybridized carbons (Fsp3) is 0.333. The number of nitrogens with one attached hydrogen (secondary N) is 1. The van der Waals surface area contributed by atoms with Gasteiger partial charge in [-0.2, -0.15) is 4.57 Å². The summed E-state index contributed by atoms with van der Waals surface area (Å²) in [7, 11) is 0. The molecule has 1 aliphatic heterocycles. The number of hydrogen-bond acceptors (Lipinski definition) is 7. The Bertz CT molecular complexity index is 1400. The summed E-state index contributed by atoms with van der Waals surface area (Å²) in [4.78, 5) is 50.0. The van der Waals surface area contributed by atoms with E-state index < -0.39 is 5.09 Å². The maximum atomic E-state index is 13.4. The first-order valence-electron chi connectivity index (χ1n) is 13.8. The number of aromatic nitrogens is 1. The number of carbonyl (C=O) groups is 3. The van der Waals surface area contributed by atoms with Crippen LogP contribution in [0.1, 0.15) is 41.3 Å². The number of para-hydroxylation sites is 1. The van der Waals surface area contributed by atoms with E-state index in [9.17, 15) is 14.4 Å². The summed E-state index contributed by atoms with van der Waals surface area (Å²) in [5, 5.41) is 17.5. The van der Waals surface area contributed by atoms with Crippen molar-refractivity contribution in [3.63, 3.8) is 0 Å². The molecule has 0 aliphatic carbocycles. The second-order valence-corrected chi connectivity index (χ2v) is 10.4. The first-order chi connectivity index (χ1) is 20.7. The molecule has 43 heavy (non-hydrogen) atoms. The van der Waals surface area contributed by atoms with Gasteiger partial charge in [0, 0.05) is 66.2 Å². The number of benzene rings is 2. The van der Waals surface area contributed by atoms with E-state index in [0.717, 1.165) is 29.6 Å². The Kier molecular flexibility index (Phi) is 12.9. The first kappa shape index (κ1) is 33.0. The quantitative estimate of drug-likeness (QED) is 0.113. The molecule has 1 N–H and O–H groups in total. The van der Waals surface area contributed by atoms with E-state index in [1.165, 1.54) is 5.56 Å². The van der Waals surface area contributed by atoms with Gasteiger partial charge in [0.25, 0.3) is 5.91 Å². The normalized spacial score (nSPS) is 11.8. The monoisotopic (exact) mass is 655 g/mol. The highest BCUT2D eigenvalue weighted by Gasteiger charge is 2.23. The van der Waals surface area contributed by atoms with E-state index in [1.807, 2.05) is 65.4 Å². The standard InChI is InChI=1S/C30H33BrN4O4.NO3/c1-2-16-33-17-13-24(21-27(33)31)29(37)35(26-10-4-3-5-11-26)19-14-28(36)32-15-20-39-30(38)34-18-12-23-8-6-7-9-25(23)22-34;2-1(3)4/h3-11,13,17,21H,2,12,14-16,18-20,22H2,1H3;/q;-1/p+1. The molecule has 0 fully saturated rings. The molecule has 228 valence electrons. The minimum absolute atomic E-state index is 0.0832. The Hall–Kier alpha value is -4.52. The van der Waals surface area contributed by atoms with Crippen molar-refractivity contribution in [1.82, 2.24) is 10.2 Å². The van der Waals surface area contributed by atoms with Crippen molar-refractivity contribution in [2.24, 2.45) is 0 Å². The van der Waals surface area contributed by atoms with Gasteiger partial charge in [0.2, 0.25) is 10.5 Å². The van der Waals surface area contributed by atoms with Crippen LogP contribution in [-0.2, 0) is 29.0 Å². The predicted octanol–water partition coefficient (Wildman–Crippen LogP) is 4.26. The molecular formula is C30H34BrN5O7. The van der Waals surface area contributed by atoms with E-state index in [2.05, 4.69) is 34.2 Å². The third kappa shape index (κ3) is 10.4. The van der Waals surface area contributed by atoms with Crippen molar-refractivity contribution in [1.29, 1.82) is 0 Å². The Morgan fingerprint density at radius 1 is 1.07 bits per heavy atom. The molecule has 0 saturated carbocycles. The molecule has 3 aromatic rings. The molecule has 0 unspecified atom stereocenters. The Morgan fingerprint density at radius 2 is 1.74 bits per heavy atom. The highest BCUT2D eigenvalue weighted by atomic mass is 79.9. The molecule has 13 heteroatoms. The van der Waals surface area contributed by atoms with Crippen molar-refractivity contribution in [2.45, 2.75) is 39.3 Å². The van der Waals surface area contributed by atoms with Crippen LogP contribution in [0.4, 0.5) is 10.5 Å². The summed E-state index contributed by atoms with van der Waals surface area (Å²) < 4.78 is 8.24. The molecule has 1 aliphatic rings. The summed E-state index contributed by atoms with van der Waals surface area (Å²) in [6.45, 7) is 4.58. The topological polar surface area (TPSA) is 149 Å². The molecular weight excluding hydrogens is 622 g/mol. The van der Waals surface area contributed by atoms with E-state index >= 15 is 0 Å². The number of nitrogens with zero attached hydrogens (tertiary/aromatic N) is 4. The predicted molar refractivity (Wildman–Crippen MR) is 163 cm³/mol. The zero-order chi connectivity index (χ0) is 31.2. The van der Waals surface area contributed by atoms with Crippen molar-refractivity contribution in [3.05, 3.63) is 110 Å². The lowest BCUT2D eigenvalue weighted by atomic mass is 10.0. The number of ether oxygens (including phenoxy) is 1. The van der Waals surface area contributed by atoms with Crippen LogP contribution in [0.3, 0.4) is 0 Å². The van der Waals surface area contributed by atoms with Gasteiger partial charge in [-0.05, 0) is 29.7 Å². The summed E-state index contributed by atoms with van der Waals surface area (Å²) in [5.74, 6) is -0.405. The van der Waals surface area contributed by atoms with Gasteiger partial charge in [-0.3, -0.25) is 9.59 Å². The van der Waals surface area contributed by atoms with Crippen LogP contribution in [0.25, 0.3) is 0 Å². The molecule has 0 atom stereocenters. The molecule has 2 aromatic carbocycles. The second-order valence-electron chi connectivity index (χ2n) is 9.60. The van der Waals surface area contributed by atoms with E-state index in [0.29, 0.717) is 24.3 Å². The number of amides is 3. The lowest BCUT2D eigenvalue weighted by Gasteiger charge is -2.28. The maximum absolute atomic E-state index is 13.4. The third-order valence-corrected chi connectivity index (χ3v) is 7.29. The fourth-order valence-corrected chi connectivity index (χ4v) is 5.08. The van der Waals surface area contributed by atoms with Gasteiger partial charge in [0.1, 0.15) is 13.2 Å². The second kappa shape index (κ2) is 16.8. The Morgan fingerprint density at radius 3 is 2.42 bits per heavy atom. The van der Waals surface area contributed by atoms with Crippen molar-refractivity contribution in [2.75, 3.05) is 31.1 Å². The summed E-state index contributed by atoms with van der Waals surface area (Å²) in [5.41, 5.74) is 3.64. The number of carbonyl (C=O) groups excluding carboxylic acids is 3. The van der Waals surface area contributed by atoms with Crippen LogP contribution in [-0.4, -0.2) is 54.1 Å². The fourth-order valence-electron chi connectivity index (χ4n) is 4.54. The number of aryl methyl sites for hydroxylation is 1. The summed E-state index contributed by atoms with van der Waals surface area (Å²) >= 11 is 3.55. The van der Waals surface area contributed by atoms with Crippen molar-refractivity contribution >= 4 is 39.5 Å². The molecule has 1 aromatic heterocycles. The molecule has 0 saturated heterocycles. The molecule has 0 bridgehead atoms. The lowest BCUT2D eigenvalue weighted by Crippen LogP contribution is -2.39. The van der Waals surface area contributed by atoms with Gasteiger partial charge >= 0.3 is 6.09 Å². The van der Waals surface area contributed by atoms with Gasteiger partial charge in [-0.1, -0.05) is 49.4 Å². The van der Waals surface area contributed by atoms with Crippen LogP contribution >= 0.6 is 15.9 Å². The lowest BCUT2D eigenvalue weighted by molar-refractivity contribution is -0.707. The number of hydrogen-bond donors (Lipinski definition) is 1. The molecule has 3 amide bonds. The molecule has 0 radical (unpaired) electrons. The first-order valence-corrected chi connectivity index (χ1v) is 14.6. The van der Waals surface area contributed by atoms with Gasteiger partial charge in [0.05, 0.1) is 17.2 Å². The summed E-state index contributed by atoms with van der Waals surface area (Å²) in [6.07, 6.45) is 3.40. The number of anilines is 1. The number of fused-ring (bicyclic) bond motifs is 1. The smallest absolute Gasteiger partial charge is 0.410 e. The maximum Gasteiger partial charge on any atom is 0.410 e.